The number of carbonyl (C=O) groups excluding carboxylic acids is 2. The van der Waals surface area contributed by atoms with Gasteiger partial charge in [0.2, 0.25) is 11.8 Å². The van der Waals surface area contributed by atoms with Crippen LogP contribution in [0.15, 0.2) is 81.0 Å². The van der Waals surface area contributed by atoms with Gasteiger partial charge in [0.05, 0.1) is 32.6 Å². The maximum Gasteiger partial charge on any atom is 0.261 e. The number of anilines is 2. The standard InChI is InChI=1S/C28H23N5O3S3/c1-32-26(36)19-7-3-4-8-20(19)30-27(32)37-15-24(34)29-18-10-11-21-23(14-18)39-28(31-21)38-16-25(35)33-13-12-17-6-2-5-9-22(17)33/h2-11,14H,12-13,15-16H2,1H3,(H,29,34). The van der Waals surface area contributed by atoms with Crippen LogP contribution in [0.25, 0.3) is 21.1 Å². The lowest BCUT2D eigenvalue weighted by molar-refractivity contribution is -0.116. The van der Waals surface area contributed by atoms with E-state index in [4.69, 9.17) is 0 Å². The normalized spacial score (nSPS) is 12.7. The molecule has 0 radical (unpaired) electrons. The van der Waals surface area contributed by atoms with E-state index in [1.165, 1.54) is 45.0 Å². The number of aromatic nitrogens is 3. The lowest BCUT2D eigenvalue weighted by atomic mass is 10.2. The number of thioether (sulfide) groups is 2. The van der Waals surface area contributed by atoms with Crippen molar-refractivity contribution >= 4 is 79.2 Å². The molecule has 196 valence electrons. The molecule has 5 aromatic rings. The van der Waals surface area contributed by atoms with E-state index in [-0.39, 0.29) is 23.1 Å². The number of nitrogens with one attached hydrogen (secondary N) is 1. The van der Waals surface area contributed by atoms with Gasteiger partial charge in [0, 0.05) is 25.0 Å². The highest BCUT2D eigenvalue weighted by Gasteiger charge is 2.24. The average molecular weight is 574 g/mol. The average Bonchev–Trinajstić information content (AvgIpc) is 3.57. The van der Waals surface area contributed by atoms with E-state index in [1.54, 1.807) is 25.2 Å². The van der Waals surface area contributed by atoms with E-state index in [9.17, 15) is 14.4 Å². The van der Waals surface area contributed by atoms with Gasteiger partial charge in [-0.25, -0.2) is 9.97 Å². The number of para-hydroxylation sites is 2. The second-order valence-electron chi connectivity index (χ2n) is 8.99. The Kier molecular flexibility index (Phi) is 7.11. The van der Waals surface area contributed by atoms with Crippen molar-refractivity contribution in [2.45, 2.75) is 15.9 Å². The summed E-state index contributed by atoms with van der Waals surface area (Å²) in [7, 11) is 1.66. The summed E-state index contributed by atoms with van der Waals surface area (Å²) in [4.78, 5) is 49.2. The Balaban J connectivity index is 1.07. The van der Waals surface area contributed by atoms with Crippen molar-refractivity contribution in [1.29, 1.82) is 0 Å². The third kappa shape index (κ3) is 5.29. The number of hydrogen-bond acceptors (Lipinski definition) is 8. The lowest BCUT2D eigenvalue weighted by Crippen LogP contribution is -2.30. The summed E-state index contributed by atoms with van der Waals surface area (Å²) in [6.45, 7) is 0.715. The molecule has 0 spiro atoms. The topological polar surface area (TPSA) is 97.2 Å². The number of rotatable bonds is 7. The predicted molar refractivity (Wildman–Crippen MR) is 159 cm³/mol. The highest BCUT2D eigenvalue weighted by Crippen LogP contribution is 2.33. The molecule has 2 amide bonds. The molecule has 1 N–H and O–H groups in total. The number of fused-ring (bicyclic) bond motifs is 3. The van der Waals surface area contributed by atoms with Gasteiger partial charge >= 0.3 is 0 Å². The monoisotopic (exact) mass is 573 g/mol. The van der Waals surface area contributed by atoms with Crippen molar-refractivity contribution in [2.75, 3.05) is 28.3 Å². The van der Waals surface area contributed by atoms with E-state index in [0.29, 0.717) is 34.0 Å². The quantitative estimate of drug-likeness (QED) is 0.217. The Morgan fingerprint density at radius 2 is 1.79 bits per heavy atom. The van der Waals surface area contributed by atoms with Crippen molar-refractivity contribution in [3.63, 3.8) is 0 Å². The van der Waals surface area contributed by atoms with Crippen LogP contribution in [0.4, 0.5) is 11.4 Å². The zero-order valence-corrected chi connectivity index (χ0v) is 23.4. The van der Waals surface area contributed by atoms with Crippen LogP contribution in [0.2, 0.25) is 0 Å². The second kappa shape index (κ2) is 10.8. The molecule has 0 unspecified atom stereocenters. The van der Waals surface area contributed by atoms with Gasteiger partial charge in [0.15, 0.2) is 9.50 Å². The first kappa shape index (κ1) is 25.6. The van der Waals surface area contributed by atoms with Gasteiger partial charge in [-0.2, -0.15) is 0 Å². The van der Waals surface area contributed by atoms with Gasteiger partial charge in [0.1, 0.15) is 0 Å². The van der Waals surface area contributed by atoms with E-state index < -0.39 is 0 Å². The molecule has 0 fully saturated rings. The number of hydrogen-bond donors (Lipinski definition) is 1. The van der Waals surface area contributed by atoms with Crippen molar-refractivity contribution in [2.24, 2.45) is 7.05 Å². The number of carbonyl (C=O) groups is 2. The number of amides is 2. The highest BCUT2D eigenvalue weighted by molar-refractivity contribution is 8.01. The molecule has 8 nitrogen and oxygen atoms in total. The van der Waals surface area contributed by atoms with Crippen LogP contribution in [-0.2, 0) is 23.1 Å². The fourth-order valence-corrected chi connectivity index (χ4v) is 7.25. The summed E-state index contributed by atoms with van der Waals surface area (Å²) >= 11 is 4.15. The molecule has 0 saturated heterocycles. The summed E-state index contributed by atoms with van der Waals surface area (Å²) in [5.41, 5.74) is 4.17. The Hall–Kier alpha value is -3.67. The molecule has 0 atom stereocenters. The van der Waals surface area contributed by atoms with Crippen LogP contribution in [0.3, 0.4) is 0 Å². The van der Waals surface area contributed by atoms with E-state index in [2.05, 4.69) is 21.4 Å². The van der Waals surface area contributed by atoms with Crippen LogP contribution >= 0.6 is 34.9 Å². The zero-order chi connectivity index (χ0) is 26.9. The largest absolute Gasteiger partial charge is 0.325 e. The maximum absolute atomic E-state index is 12.8. The van der Waals surface area contributed by atoms with E-state index in [0.717, 1.165) is 26.7 Å². The minimum atomic E-state index is -0.197. The molecule has 3 aromatic carbocycles. The maximum atomic E-state index is 12.8. The Labute approximate surface area is 236 Å². The van der Waals surface area contributed by atoms with Gasteiger partial charge < -0.3 is 10.2 Å². The number of thiazole rings is 1. The van der Waals surface area contributed by atoms with Crippen molar-refractivity contribution in [3.8, 4) is 0 Å². The molecule has 1 aliphatic heterocycles. The minimum Gasteiger partial charge on any atom is -0.325 e. The Morgan fingerprint density at radius 3 is 2.69 bits per heavy atom. The molecular formula is C28H23N5O3S3. The van der Waals surface area contributed by atoms with Gasteiger partial charge in [-0.1, -0.05) is 53.9 Å². The molecular weight excluding hydrogens is 551 g/mol. The molecule has 3 heterocycles. The first-order chi connectivity index (χ1) is 19.0. The van der Waals surface area contributed by atoms with Crippen molar-refractivity contribution in [3.05, 3.63) is 82.6 Å². The zero-order valence-electron chi connectivity index (χ0n) is 20.9. The molecule has 39 heavy (non-hydrogen) atoms. The second-order valence-corrected chi connectivity index (χ2v) is 12.2. The van der Waals surface area contributed by atoms with Gasteiger partial charge in [0.25, 0.3) is 5.56 Å². The summed E-state index contributed by atoms with van der Waals surface area (Å²) < 4.78 is 3.21. The van der Waals surface area contributed by atoms with E-state index >= 15 is 0 Å². The fraction of sp³-hybridized carbons (Fsp3) is 0.179. The first-order valence-electron chi connectivity index (χ1n) is 12.3. The van der Waals surface area contributed by atoms with Crippen LogP contribution in [0.5, 0.6) is 0 Å². The van der Waals surface area contributed by atoms with Crippen LogP contribution in [0.1, 0.15) is 5.56 Å². The smallest absolute Gasteiger partial charge is 0.261 e. The van der Waals surface area contributed by atoms with Crippen LogP contribution in [0, 0.1) is 0 Å². The minimum absolute atomic E-state index is 0.0769. The molecule has 11 heteroatoms. The van der Waals surface area contributed by atoms with Gasteiger partial charge in [-0.3, -0.25) is 19.0 Å². The Morgan fingerprint density at radius 1 is 0.974 bits per heavy atom. The molecule has 1 aliphatic rings. The van der Waals surface area contributed by atoms with Crippen molar-refractivity contribution in [1.82, 2.24) is 14.5 Å². The number of benzene rings is 3. The summed E-state index contributed by atoms with van der Waals surface area (Å²) in [5, 5.41) is 3.96. The molecule has 0 saturated carbocycles. The first-order valence-corrected chi connectivity index (χ1v) is 15.0. The summed E-state index contributed by atoms with van der Waals surface area (Å²) in [6, 6.07) is 20.8. The van der Waals surface area contributed by atoms with Crippen LogP contribution in [-0.4, -0.2) is 44.4 Å². The molecule has 0 aliphatic carbocycles. The Bertz CT molecular complexity index is 1800. The fourth-order valence-electron chi connectivity index (χ4n) is 4.50. The van der Waals surface area contributed by atoms with Crippen LogP contribution < -0.4 is 15.8 Å². The lowest BCUT2D eigenvalue weighted by Gasteiger charge is -2.16. The molecule has 0 bridgehead atoms. The highest BCUT2D eigenvalue weighted by atomic mass is 32.2. The van der Waals surface area contributed by atoms with E-state index in [1.807, 2.05) is 47.4 Å². The summed E-state index contributed by atoms with van der Waals surface area (Å²) in [5.74, 6) is 0.313. The van der Waals surface area contributed by atoms with Gasteiger partial charge in [-0.15, -0.1) is 11.3 Å². The predicted octanol–water partition coefficient (Wildman–Crippen LogP) is 4.96. The third-order valence-electron chi connectivity index (χ3n) is 6.43. The van der Waals surface area contributed by atoms with Gasteiger partial charge in [-0.05, 0) is 48.4 Å². The summed E-state index contributed by atoms with van der Waals surface area (Å²) in [6.07, 6.45) is 0.887. The van der Waals surface area contributed by atoms with Crippen molar-refractivity contribution < 1.29 is 9.59 Å². The molecule has 2 aromatic heterocycles. The third-order valence-corrected chi connectivity index (χ3v) is 9.61. The number of nitrogens with zero attached hydrogens (tertiary/aromatic N) is 4. The SMILES string of the molecule is Cn1c(SCC(=O)Nc2ccc3nc(SCC(=O)N4CCc5ccccc54)sc3c2)nc2ccccc2c1=O. The molecule has 6 rings (SSSR count).